The Balaban J connectivity index is 0.944. The number of para-hydroxylation sites is 5. The molecule has 89 heavy (non-hydrogen) atoms. The van der Waals surface area contributed by atoms with Gasteiger partial charge in [0.15, 0.2) is 17.5 Å². The van der Waals surface area contributed by atoms with E-state index in [-0.39, 0.29) is 0 Å². The molecule has 0 atom stereocenters. The van der Waals surface area contributed by atoms with Crippen LogP contribution in [-0.4, -0.2) is 28.7 Å². The average Bonchev–Trinajstić information content (AvgIpc) is 1.89. The first kappa shape index (κ1) is 50.2. The van der Waals surface area contributed by atoms with Crippen LogP contribution in [0.25, 0.3) is 184 Å². The lowest BCUT2D eigenvalue weighted by molar-refractivity contribution is 0.668. The second-order valence-electron chi connectivity index (χ2n) is 22.7. The van der Waals surface area contributed by atoms with Gasteiger partial charge in [0.1, 0.15) is 22.3 Å². The topological polar surface area (TPSA) is 79.7 Å². The van der Waals surface area contributed by atoms with Crippen LogP contribution < -0.4 is 0 Å². The Kier molecular flexibility index (Phi) is 11.1. The molecule has 0 fully saturated rings. The predicted molar refractivity (Wildman–Crippen MR) is 367 cm³/mol. The normalized spacial score (nSPS) is 11.9. The molecule has 0 aliphatic heterocycles. The quantitative estimate of drug-likeness (QED) is 0.136. The standard InChI is InChI=1S/C81H50N6O2/c1-3-56-57-25-11-16-30-69(57)85(68(56)4-2)54-37-41-60-61-42-38-55(86-70-31-17-12-26-58(70)59-27-13-18-32-71(59)86)48-73(61)87(72(60)47-54)78-66(49-21-7-5-8-22-49)43-53(44-67(78)50-23-9-6-10-24-50)81-83-79(51-35-39-64-62-28-14-19-33-74(62)88-76(64)45-51)82-80(84-81)52-36-40-65-63-29-15-20-34-75(63)89-77(65)46-52/h3-48H,1-2H2. The summed E-state index contributed by atoms with van der Waals surface area (Å²) in [6.07, 6.45) is 3.89. The van der Waals surface area contributed by atoms with Crippen LogP contribution in [-0.2, 0) is 0 Å². The van der Waals surface area contributed by atoms with E-state index in [2.05, 4.69) is 245 Å². The van der Waals surface area contributed by atoms with Crippen molar-refractivity contribution in [2.75, 3.05) is 0 Å². The van der Waals surface area contributed by atoms with Crippen molar-refractivity contribution < 1.29 is 8.83 Å². The molecule has 8 heteroatoms. The van der Waals surface area contributed by atoms with Crippen LogP contribution in [0.3, 0.4) is 0 Å². The Morgan fingerprint density at radius 3 is 1.17 bits per heavy atom. The number of nitrogens with zero attached hydrogens (tertiary/aromatic N) is 6. The van der Waals surface area contributed by atoms with Gasteiger partial charge in [-0.2, -0.15) is 0 Å². The molecule has 0 aliphatic rings. The molecule has 0 N–H and O–H groups in total. The maximum absolute atomic E-state index is 6.50. The summed E-state index contributed by atoms with van der Waals surface area (Å²) in [6.45, 7) is 8.66. The van der Waals surface area contributed by atoms with Crippen molar-refractivity contribution >= 4 is 111 Å². The summed E-state index contributed by atoms with van der Waals surface area (Å²) in [4.78, 5) is 16.3. The van der Waals surface area contributed by atoms with E-state index < -0.39 is 0 Å². The van der Waals surface area contributed by atoms with Gasteiger partial charge in [0.2, 0.25) is 0 Å². The zero-order valence-electron chi connectivity index (χ0n) is 48.0. The lowest BCUT2D eigenvalue weighted by Gasteiger charge is -2.21. The number of benzene rings is 12. The SMILES string of the molecule is C=Cc1c(C=C)n(-c2ccc3c4ccc(-n5c6ccccc6c6ccccc65)cc4n(-c4c(-c5ccccc5)cc(-c5nc(-c6ccc7c(c6)oc6ccccc67)nc(-c6ccc7c(c6)oc6ccccc67)n5)cc4-c4ccccc4)c3c2)c2ccccc12. The molecule has 0 saturated heterocycles. The molecule has 6 aromatic heterocycles. The molecule has 0 spiro atoms. The highest BCUT2D eigenvalue weighted by Gasteiger charge is 2.26. The molecular formula is C81H50N6O2. The summed E-state index contributed by atoms with van der Waals surface area (Å²) >= 11 is 0. The fraction of sp³-hybridized carbons (Fsp3) is 0. The molecule has 18 rings (SSSR count). The van der Waals surface area contributed by atoms with Crippen LogP contribution in [0.4, 0.5) is 0 Å². The summed E-state index contributed by atoms with van der Waals surface area (Å²) in [7, 11) is 0. The zero-order chi connectivity index (χ0) is 58.8. The van der Waals surface area contributed by atoms with Crippen LogP contribution in [0.5, 0.6) is 0 Å². The molecule has 416 valence electrons. The molecule has 0 bridgehead atoms. The first-order valence-corrected chi connectivity index (χ1v) is 29.9. The van der Waals surface area contributed by atoms with Gasteiger partial charge in [-0.3, -0.25) is 0 Å². The number of hydrogen-bond donors (Lipinski definition) is 0. The molecule has 0 aliphatic carbocycles. The lowest BCUT2D eigenvalue weighted by Crippen LogP contribution is -2.05. The molecule has 12 aromatic carbocycles. The molecule has 0 radical (unpaired) electrons. The summed E-state index contributed by atoms with van der Waals surface area (Å²) in [5.74, 6) is 1.52. The molecule has 6 heterocycles. The second-order valence-corrected chi connectivity index (χ2v) is 22.7. The van der Waals surface area contributed by atoms with Gasteiger partial charge in [0, 0.05) is 93.2 Å². The number of hydrogen-bond acceptors (Lipinski definition) is 5. The first-order chi connectivity index (χ1) is 44.0. The highest BCUT2D eigenvalue weighted by Crippen LogP contribution is 2.46. The minimum Gasteiger partial charge on any atom is -0.456 e. The third-order valence-electron chi connectivity index (χ3n) is 17.9. The summed E-state index contributed by atoms with van der Waals surface area (Å²) in [5, 5.41) is 9.88. The Hall–Kier alpha value is -12.1. The number of furan rings is 2. The van der Waals surface area contributed by atoms with E-state index in [9.17, 15) is 0 Å². The summed E-state index contributed by atoms with van der Waals surface area (Å²) in [6, 6.07) is 94.5. The summed E-state index contributed by atoms with van der Waals surface area (Å²) in [5.41, 5.74) is 20.0. The third-order valence-corrected chi connectivity index (χ3v) is 17.9. The summed E-state index contributed by atoms with van der Waals surface area (Å²) < 4.78 is 20.2. The first-order valence-electron chi connectivity index (χ1n) is 29.9. The Labute approximate surface area is 510 Å². The van der Waals surface area contributed by atoms with E-state index >= 15 is 0 Å². The maximum Gasteiger partial charge on any atom is 0.164 e. The van der Waals surface area contributed by atoms with E-state index in [1.54, 1.807) is 0 Å². The van der Waals surface area contributed by atoms with Crippen LogP contribution in [0.2, 0.25) is 0 Å². The van der Waals surface area contributed by atoms with Gasteiger partial charge in [0.25, 0.3) is 0 Å². The van der Waals surface area contributed by atoms with Gasteiger partial charge in [-0.15, -0.1) is 0 Å². The average molecular weight is 1140 g/mol. The van der Waals surface area contributed by atoms with Crippen molar-refractivity contribution in [2.45, 2.75) is 0 Å². The van der Waals surface area contributed by atoms with Crippen molar-refractivity contribution in [1.29, 1.82) is 0 Å². The van der Waals surface area contributed by atoms with Gasteiger partial charge in [-0.05, 0) is 108 Å². The molecule has 0 unspecified atom stereocenters. The lowest BCUT2D eigenvalue weighted by atomic mass is 9.92. The molecule has 0 saturated carbocycles. The van der Waals surface area contributed by atoms with Crippen molar-refractivity contribution in [3.63, 3.8) is 0 Å². The predicted octanol–water partition coefficient (Wildman–Crippen LogP) is 21.4. The van der Waals surface area contributed by atoms with E-state index in [1.165, 1.54) is 10.8 Å². The molecule has 0 amide bonds. The van der Waals surface area contributed by atoms with Gasteiger partial charge >= 0.3 is 0 Å². The van der Waals surface area contributed by atoms with Gasteiger partial charge in [-0.1, -0.05) is 195 Å². The van der Waals surface area contributed by atoms with E-state index in [0.717, 1.165) is 155 Å². The van der Waals surface area contributed by atoms with Crippen LogP contribution in [0.15, 0.2) is 289 Å². The highest BCUT2D eigenvalue weighted by atomic mass is 16.3. The Morgan fingerprint density at radius 2 is 0.674 bits per heavy atom. The van der Waals surface area contributed by atoms with Crippen molar-refractivity contribution in [2.24, 2.45) is 0 Å². The smallest absolute Gasteiger partial charge is 0.164 e. The van der Waals surface area contributed by atoms with E-state index in [0.29, 0.717) is 17.5 Å². The Bertz CT molecular complexity index is 5730. The number of aromatic nitrogens is 6. The zero-order valence-corrected chi connectivity index (χ0v) is 48.0. The number of rotatable bonds is 10. The highest BCUT2D eigenvalue weighted by molar-refractivity contribution is 6.14. The second kappa shape index (κ2) is 19.7. The molecular weight excluding hydrogens is 1090 g/mol. The van der Waals surface area contributed by atoms with Gasteiger partial charge in [0.05, 0.1) is 39.0 Å². The van der Waals surface area contributed by atoms with Gasteiger partial charge < -0.3 is 22.5 Å². The Morgan fingerprint density at radius 1 is 0.281 bits per heavy atom. The molecule has 18 aromatic rings. The van der Waals surface area contributed by atoms with E-state index in [1.807, 2.05) is 60.7 Å². The van der Waals surface area contributed by atoms with Crippen LogP contribution >= 0.6 is 0 Å². The van der Waals surface area contributed by atoms with Crippen molar-refractivity contribution in [3.8, 4) is 73.5 Å². The molecule has 8 nitrogen and oxygen atoms in total. The van der Waals surface area contributed by atoms with Gasteiger partial charge in [-0.25, -0.2) is 15.0 Å². The monoisotopic (exact) mass is 1140 g/mol. The van der Waals surface area contributed by atoms with Crippen molar-refractivity contribution in [1.82, 2.24) is 28.7 Å². The minimum absolute atomic E-state index is 0.507. The minimum atomic E-state index is 0.507. The van der Waals surface area contributed by atoms with E-state index in [4.69, 9.17) is 23.8 Å². The van der Waals surface area contributed by atoms with Crippen LogP contribution in [0.1, 0.15) is 11.3 Å². The fourth-order valence-corrected chi connectivity index (χ4v) is 13.9. The van der Waals surface area contributed by atoms with Crippen molar-refractivity contribution in [3.05, 3.63) is 291 Å². The third kappa shape index (κ3) is 7.77. The fourth-order valence-electron chi connectivity index (χ4n) is 13.9. The van der Waals surface area contributed by atoms with Crippen LogP contribution in [0, 0.1) is 0 Å². The number of fused-ring (bicyclic) bond motifs is 13. The largest absolute Gasteiger partial charge is 0.456 e. The maximum atomic E-state index is 6.50.